The molecule has 0 N–H and O–H groups in total. The highest BCUT2D eigenvalue weighted by atomic mass is 32.2. The van der Waals surface area contributed by atoms with Crippen molar-refractivity contribution in [2.75, 3.05) is 37.8 Å². The molecule has 0 unspecified atom stereocenters. The highest BCUT2D eigenvalue weighted by Gasteiger charge is 2.25. The third-order valence-electron chi connectivity index (χ3n) is 5.31. The predicted molar refractivity (Wildman–Crippen MR) is 117 cm³/mol. The Morgan fingerprint density at radius 2 is 2.14 bits per heavy atom. The number of thiazole rings is 1. The average Bonchev–Trinajstić information content (AvgIpc) is 3.34. The highest BCUT2D eigenvalue weighted by Crippen LogP contribution is 2.35. The summed E-state index contributed by atoms with van der Waals surface area (Å²) in [6, 6.07) is 6.40. The molecule has 6 nitrogen and oxygen atoms in total. The van der Waals surface area contributed by atoms with Crippen molar-refractivity contribution >= 4 is 44.4 Å². The van der Waals surface area contributed by atoms with Crippen LogP contribution in [0.5, 0.6) is 0 Å². The van der Waals surface area contributed by atoms with E-state index in [0.717, 1.165) is 43.1 Å². The number of hydrogen-bond donors (Lipinski definition) is 0. The molecule has 0 bridgehead atoms. The Morgan fingerprint density at radius 3 is 2.82 bits per heavy atom. The molecule has 2 aromatic heterocycles. The minimum absolute atomic E-state index is 0.0475. The summed E-state index contributed by atoms with van der Waals surface area (Å²) in [5, 5.41) is 5.22. The van der Waals surface area contributed by atoms with Gasteiger partial charge in [-0.15, -0.1) is 11.8 Å². The van der Waals surface area contributed by atoms with E-state index >= 15 is 0 Å². The first-order valence-electron chi connectivity index (χ1n) is 9.47. The number of rotatable bonds is 5. The van der Waals surface area contributed by atoms with Crippen LogP contribution in [0, 0.1) is 5.92 Å². The van der Waals surface area contributed by atoms with E-state index in [9.17, 15) is 4.79 Å². The number of thioether (sulfide) groups is 1. The Balaban J connectivity index is 1.36. The zero-order chi connectivity index (χ0) is 19.7. The SMILES string of the molecule is CSc1cccc2sc(N3CCC(CN(C)C(=O)c4cnn(C)c4)CC3)nc12. The van der Waals surface area contributed by atoms with E-state index in [2.05, 4.69) is 34.5 Å². The number of benzene rings is 1. The van der Waals surface area contributed by atoms with Gasteiger partial charge in [-0.25, -0.2) is 4.98 Å². The van der Waals surface area contributed by atoms with Gasteiger partial charge in [0.05, 0.1) is 22.0 Å². The predicted octanol–water partition coefficient (Wildman–Crippen LogP) is 3.74. The van der Waals surface area contributed by atoms with Gasteiger partial charge in [-0.1, -0.05) is 17.4 Å². The van der Waals surface area contributed by atoms with Crippen molar-refractivity contribution in [3.05, 3.63) is 36.2 Å². The lowest BCUT2D eigenvalue weighted by Gasteiger charge is -2.33. The molecule has 1 aliphatic heterocycles. The fourth-order valence-electron chi connectivity index (χ4n) is 3.74. The van der Waals surface area contributed by atoms with E-state index in [4.69, 9.17) is 4.98 Å². The lowest BCUT2D eigenvalue weighted by Crippen LogP contribution is -2.39. The summed E-state index contributed by atoms with van der Waals surface area (Å²) >= 11 is 3.53. The third-order valence-corrected chi connectivity index (χ3v) is 7.16. The third kappa shape index (κ3) is 3.89. The molecule has 0 atom stereocenters. The number of carbonyl (C=O) groups is 1. The smallest absolute Gasteiger partial charge is 0.256 e. The van der Waals surface area contributed by atoms with Gasteiger partial charge < -0.3 is 9.80 Å². The van der Waals surface area contributed by atoms with Crippen molar-refractivity contribution in [1.82, 2.24) is 19.7 Å². The Hall–Kier alpha value is -2.06. The number of hydrogen-bond acceptors (Lipinski definition) is 6. The van der Waals surface area contributed by atoms with E-state index in [0.29, 0.717) is 11.5 Å². The maximum Gasteiger partial charge on any atom is 0.256 e. The van der Waals surface area contributed by atoms with Gasteiger partial charge in [0.25, 0.3) is 5.91 Å². The van der Waals surface area contributed by atoms with Crippen LogP contribution in [0.1, 0.15) is 23.2 Å². The quantitative estimate of drug-likeness (QED) is 0.594. The van der Waals surface area contributed by atoms with Crippen LogP contribution in [-0.4, -0.2) is 58.5 Å². The number of carbonyl (C=O) groups excluding carboxylic acids is 1. The van der Waals surface area contributed by atoms with Gasteiger partial charge in [-0.2, -0.15) is 5.10 Å². The molecule has 3 aromatic rings. The van der Waals surface area contributed by atoms with Crippen molar-refractivity contribution < 1.29 is 4.79 Å². The van der Waals surface area contributed by atoms with E-state index in [1.807, 2.05) is 19.0 Å². The van der Waals surface area contributed by atoms with Crippen LogP contribution in [0.15, 0.2) is 35.5 Å². The first-order valence-corrected chi connectivity index (χ1v) is 11.5. The van der Waals surface area contributed by atoms with Crippen LogP contribution in [0.25, 0.3) is 10.2 Å². The second-order valence-corrected chi connectivity index (χ2v) is 9.18. The number of aromatic nitrogens is 3. The van der Waals surface area contributed by atoms with E-state index in [-0.39, 0.29) is 5.91 Å². The first kappa shape index (κ1) is 19.3. The number of para-hydroxylation sites is 1. The number of amides is 1. The van der Waals surface area contributed by atoms with Crippen molar-refractivity contribution in [2.24, 2.45) is 13.0 Å². The fraction of sp³-hybridized carbons (Fsp3) is 0.450. The maximum absolute atomic E-state index is 12.5. The van der Waals surface area contributed by atoms with Gasteiger partial charge >= 0.3 is 0 Å². The lowest BCUT2D eigenvalue weighted by molar-refractivity contribution is 0.0765. The summed E-state index contributed by atoms with van der Waals surface area (Å²) in [5.41, 5.74) is 1.78. The van der Waals surface area contributed by atoms with Crippen LogP contribution in [0.2, 0.25) is 0 Å². The normalized spacial score (nSPS) is 15.3. The monoisotopic (exact) mass is 415 g/mol. The fourth-order valence-corrected chi connectivity index (χ4v) is 5.41. The summed E-state index contributed by atoms with van der Waals surface area (Å²) in [7, 11) is 3.72. The van der Waals surface area contributed by atoms with Gasteiger partial charge in [0.1, 0.15) is 0 Å². The molecular weight excluding hydrogens is 390 g/mol. The van der Waals surface area contributed by atoms with Crippen molar-refractivity contribution in [3.8, 4) is 0 Å². The van der Waals surface area contributed by atoms with Crippen LogP contribution in [0.4, 0.5) is 5.13 Å². The molecule has 0 saturated carbocycles. The number of fused-ring (bicyclic) bond motifs is 1. The van der Waals surface area contributed by atoms with Crippen LogP contribution in [-0.2, 0) is 7.05 Å². The summed E-state index contributed by atoms with van der Waals surface area (Å²) in [4.78, 5) is 22.9. The van der Waals surface area contributed by atoms with Crippen molar-refractivity contribution in [3.63, 3.8) is 0 Å². The minimum atomic E-state index is 0.0475. The summed E-state index contributed by atoms with van der Waals surface area (Å²) in [6.07, 6.45) is 7.67. The molecule has 1 saturated heterocycles. The van der Waals surface area contributed by atoms with Gasteiger partial charge in [-0.05, 0) is 37.1 Å². The zero-order valence-corrected chi connectivity index (χ0v) is 18.1. The van der Waals surface area contributed by atoms with Crippen molar-refractivity contribution in [2.45, 2.75) is 17.7 Å². The molecule has 0 spiro atoms. The van der Waals surface area contributed by atoms with Gasteiger partial charge in [-0.3, -0.25) is 9.48 Å². The molecule has 4 rings (SSSR count). The molecule has 0 aliphatic carbocycles. The van der Waals surface area contributed by atoms with Crippen LogP contribution < -0.4 is 4.90 Å². The Kier molecular flexibility index (Phi) is 5.59. The molecule has 1 amide bonds. The molecule has 1 aliphatic rings. The molecular formula is C20H25N5OS2. The van der Waals surface area contributed by atoms with Crippen LogP contribution >= 0.6 is 23.1 Å². The average molecular weight is 416 g/mol. The van der Waals surface area contributed by atoms with Crippen molar-refractivity contribution in [1.29, 1.82) is 0 Å². The second-order valence-electron chi connectivity index (χ2n) is 7.32. The number of nitrogens with zero attached hydrogens (tertiary/aromatic N) is 5. The summed E-state index contributed by atoms with van der Waals surface area (Å²) in [6.45, 7) is 2.78. The molecule has 0 radical (unpaired) electrons. The highest BCUT2D eigenvalue weighted by molar-refractivity contribution is 7.98. The van der Waals surface area contributed by atoms with E-state index < -0.39 is 0 Å². The number of piperidine rings is 1. The minimum Gasteiger partial charge on any atom is -0.348 e. The number of aryl methyl sites for hydroxylation is 1. The largest absolute Gasteiger partial charge is 0.348 e. The molecule has 1 fully saturated rings. The summed E-state index contributed by atoms with van der Waals surface area (Å²) in [5.74, 6) is 0.573. The number of anilines is 1. The maximum atomic E-state index is 12.5. The molecule has 1 aromatic carbocycles. The molecule has 3 heterocycles. The summed E-state index contributed by atoms with van der Waals surface area (Å²) < 4.78 is 2.92. The topological polar surface area (TPSA) is 54.3 Å². The molecule has 28 heavy (non-hydrogen) atoms. The van der Waals surface area contributed by atoms with Crippen LogP contribution in [0.3, 0.4) is 0 Å². The Labute approximate surface area is 173 Å². The van der Waals surface area contributed by atoms with E-state index in [1.165, 1.54) is 9.60 Å². The Bertz CT molecular complexity index is 974. The molecule has 8 heteroatoms. The van der Waals surface area contributed by atoms with Gasteiger partial charge in [0.2, 0.25) is 0 Å². The van der Waals surface area contributed by atoms with Gasteiger partial charge in [0, 0.05) is 44.8 Å². The Morgan fingerprint density at radius 1 is 1.36 bits per heavy atom. The van der Waals surface area contributed by atoms with E-state index in [1.54, 1.807) is 40.2 Å². The standard InChI is InChI=1S/C20H25N5OS2/c1-23(19(26)15-11-21-24(2)13-15)12-14-7-9-25(10-8-14)20-22-18-16(27-3)5-4-6-17(18)28-20/h4-6,11,13-14H,7-10,12H2,1-3H3. The van der Waals surface area contributed by atoms with Gasteiger partial charge in [0.15, 0.2) is 5.13 Å². The zero-order valence-electron chi connectivity index (χ0n) is 16.5. The second kappa shape index (κ2) is 8.13. The molecule has 148 valence electrons. The first-order chi connectivity index (χ1) is 13.5. The lowest BCUT2D eigenvalue weighted by atomic mass is 9.96.